The van der Waals surface area contributed by atoms with E-state index in [1.54, 1.807) is 36.4 Å². The van der Waals surface area contributed by atoms with Gasteiger partial charge in [0.2, 0.25) is 6.54 Å². The zero-order valence-electron chi connectivity index (χ0n) is 19.8. The average molecular weight is 509 g/mol. The lowest BCUT2D eigenvalue weighted by molar-refractivity contribution is -0.479. The monoisotopic (exact) mass is 508 g/mol. The fourth-order valence-electron chi connectivity index (χ4n) is 3.70. The molecule has 3 aromatic carbocycles. The van der Waals surface area contributed by atoms with E-state index in [0.717, 1.165) is 11.4 Å². The molecule has 1 atom stereocenters. The van der Waals surface area contributed by atoms with Crippen LogP contribution in [0.5, 0.6) is 11.5 Å². The predicted octanol–water partition coefficient (Wildman–Crippen LogP) is 5.80. The van der Waals surface area contributed by atoms with Gasteiger partial charge in [-0.05, 0) is 61.9 Å². The Kier molecular flexibility index (Phi) is 8.17. The number of hydrogen-bond acceptors (Lipinski definition) is 7. The van der Waals surface area contributed by atoms with Gasteiger partial charge >= 0.3 is 0 Å². The number of para-hydroxylation sites is 1. The Labute approximate surface area is 212 Å². The Morgan fingerprint density at radius 3 is 2.56 bits per heavy atom. The average Bonchev–Trinajstić information content (AvgIpc) is 3.23. The van der Waals surface area contributed by atoms with Crippen molar-refractivity contribution in [1.82, 2.24) is 14.8 Å². The van der Waals surface area contributed by atoms with E-state index in [0.29, 0.717) is 34.5 Å². The van der Waals surface area contributed by atoms with Crippen LogP contribution in [0, 0.1) is 22.9 Å². The van der Waals surface area contributed by atoms with Crippen molar-refractivity contribution >= 4 is 11.8 Å². The first-order chi connectivity index (χ1) is 17.4. The third kappa shape index (κ3) is 6.19. The minimum Gasteiger partial charge on any atom is -0.494 e. The second kappa shape index (κ2) is 11.7. The van der Waals surface area contributed by atoms with E-state index < -0.39 is 5.25 Å². The predicted molar refractivity (Wildman–Crippen MR) is 135 cm³/mol. The summed E-state index contributed by atoms with van der Waals surface area (Å²) in [5.41, 5.74) is 2.13. The van der Waals surface area contributed by atoms with E-state index in [2.05, 4.69) is 10.2 Å². The molecule has 4 aromatic rings. The summed E-state index contributed by atoms with van der Waals surface area (Å²) in [6.07, 6.45) is 0. The molecule has 0 aliphatic heterocycles. The van der Waals surface area contributed by atoms with Crippen LogP contribution in [0.4, 0.5) is 4.39 Å². The molecule has 0 amide bonds. The minimum atomic E-state index is -0.603. The third-order valence-corrected chi connectivity index (χ3v) is 6.48. The second-order valence-electron chi connectivity index (χ2n) is 7.87. The summed E-state index contributed by atoms with van der Waals surface area (Å²) in [7, 11) is 0. The van der Waals surface area contributed by atoms with Crippen LogP contribution in [0.2, 0.25) is 0 Å². The van der Waals surface area contributed by atoms with Crippen LogP contribution in [0.1, 0.15) is 29.1 Å². The van der Waals surface area contributed by atoms with Crippen LogP contribution in [0.15, 0.2) is 78.0 Å². The second-order valence-corrected chi connectivity index (χ2v) is 9.04. The normalized spacial score (nSPS) is 11.8. The zero-order valence-corrected chi connectivity index (χ0v) is 20.7. The largest absolute Gasteiger partial charge is 0.494 e. The summed E-state index contributed by atoms with van der Waals surface area (Å²) in [5, 5.41) is 20.0. The van der Waals surface area contributed by atoms with Crippen molar-refractivity contribution in [2.75, 3.05) is 13.2 Å². The number of nitro groups is 1. The molecule has 186 valence electrons. The van der Waals surface area contributed by atoms with E-state index in [1.807, 2.05) is 42.7 Å². The summed E-state index contributed by atoms with van der Waals surface area (Å²) < 4.78 is 26.9. The van der Waals surface area contributed by atoms with Gasteiger partial charge in [-0.25, -0.2) is 4.39 Å². The first-order valence-corrected chi connectivity index (χ1v) is 12.2. The Morgan fingerprint density at radius 1 is 1.06 bits per heavy atom. The molecular weight excluding hydrogens is 483 g/mol. The van der Waals surface area contributed by atoms with Gasteiger partial charge in [0.05, 0.1) is 6.61 Å². The molecular formula is C26H25FN4O4S. The van der Waals surface area contributed by atoms with Crippen LogP contribution in [0.3, 0.4) is 0 Å². The Balaban J connectivity index is 1.62. The van der Waals surface area contributed by atoms with E-state index in [-0.39, 0.29) is 23.9 Å². The van der Waals surface area contributed by atoms with Crippen LogP contribution in [-0.4, -0.2) is 32.8 Å². The van der Waals surface area contributed by atoms with Crippen molar-refractivity contribution < 1.29 is 18.8 Å². The maximum atomic E-state index is 13.6. The first kappa shape index (κ1) is 25.2. The molecule has 0 saturated carbocycles. The number of rotatable bonds is 11. The molecule has 1 aromatic heterocycles. The lowest BCUT2D eigenvalue weighted by atomic mass is 10.1. The van der Waals surface area contributed by atoms with E-state index in [1.165, 1.54) is 23.9 Å². The summed E-state index contributed by atoms with van der Waals surface area (Å²) in [4.78, 5) is 11.3. The van der Waals surface area contributed by atoms with Crippen LogP contribution in [0.25, 0.3) is 5.69 Å². The molecule has 1 heterocycles. The molecule has 0 aliphatic rings. The van der Waals surface area contributed by atoms with E-state index in [9.17, 15) is 14.5 Å². The maximum Gasteiger partial charge on any atom is 0.220 e. The van der Waals surface area contributed by atoms with E-state index in [4.69, 9.17) is 9.47 Å². The molecule has 36 heavy (non-hydrogen) atoms. The van der Waals surface area contributed by atoms with Gasteiger partial charge in [0.15, 0.2) is 5.16 Å². The molecule has 0 unspecified atom stereocenters. The summed E-state index contributed by atoms with van der Waals surface area (Å²) in [6, 6.07) is 20.8. The number of aromatic nitrogens is 3. The molecule has 8 nitrogen and oxygen atoms in total. The van der Waals surface area contributed by atoms with Crippen LogP contribution in [-0.2, 0) is 6.61 Å². The molecule has 0 bridgehead atoms. The molecule has 4 rings (SSSR count). The van der Waals surface area contributed by atoms with Gasteiger partial charge in [-0.2, -0.15) is 0 Å². The topological polar surface area (TPSA) is 92.3 Å². The summed E-state index contributed by atoms with van der Waals surface area (Å²) in [6.45, 7) is 4.09. The highest BCUT2D eigenvalue weighted by molar-refractivity contribution is 7.99. The van der Waals surface area contributed by atoms with Crippen molar-refractivity contribution in [3.63, 3.8) is 0 Å². The van der Waals surface area contributed by atoms with Gasteiger partial charge < -0.3 is 9.47 Å². The van der Waals surface area contributed by atoms with Gasteiger partial charge in [0.25, 0.3) is 0 Å². The van der Waals surface area contributed by atoms with Crippen LogP contribution < -0.4 is 9.47 Å². The number of hydrogen-bond donors (Lipinski definition) is 0. The highest BCUT2D eigenvalue weighted by Crippen LogP contribution is 2.40. The smallest absolute Gasteiger partial charge is 0.220 e. The fraction of sp³-hybridized carbons (Fsp3) is 0.231. The van der Waals surface area contributed by atoms with Crippen molar-refractivity contribution in [2.24, 2.45) is 0 Å². The van der Waals surface area contributed by atoms with Crippen LogP contribution >= 0.6 is 11.8 Å². The van der Waals surface area contributed by atoms with Crippen molar-refractivity contribution in [3.05, 3.63) is 106 Å². The number of benzene rings is 3. The zero-order chi connectivity index (χ0) is 25.5. The Hall–Kier alpha value is -3.92. The number of nitrogens with zero attached hydrogens (tertiary/aromatic N) is 4. The Morgan fingerprint density at radius 2 is 1.83 bits per heavy atom. The highest BCUT2D eigenvalue weighted by atomic mass is 32.2. The van der Waals surface area contributed by atoms with Gasteiger partial charge in [0, 0.05) is 16.2 Å². The maximum absolute atomic E-state index is 13.6. The Bertz CT molecular complexity index is 1330. The number of aryl methyl sites for hydroxylation is 1. The van der Waals surface area contributed by atoms with Gasteiger partial charge in [-0.3, -0.25) is 14.7 Å². The SMILES string of the molecule is CCOc1ccc(-n2c(C)nnc2S[C@H](C[N+](=O)[O-])c2ccccc2OCc2cccc(F)c2)cc1. The third-order valence-electron chi connectivity index (χ3n) is 5.31. The standard InChI is InChI=1S/C26H25FN4O4S/c1-3-34-22-13-11-21(12-14-22)31-18(2)28-29-26(31)36-25(16-30(32)33)23-9-4-5-10-24(23)35-17-19-7-6-8-20(27)15-19/h4-15,25H,3,16-17H2,1-2H3/t25-/m1/s1. The first-order valence-electron chi connectivity index (χ1n) is 11.3. The molecule has 0 aliphatic carbocycles. The molecule has 0 radical (unpaired) electrons. The molecule has 0 spiro atoms. The summed E-state index contributed by atoms with van der Waals surface area (Å²) in [5.74, 6) is 1.54. The molecule has 0 fully saturated rings. The minimum absolute atomic E-state index is 0.131. The summed E-state index contributed by atoms with van der Waals surface area (Å²) >= 11 is 1.24. The van der Waals surface area contributed by atoms with Gasteiger partial charge in [-0.15, -0.1) is 10.2 Å². The molecule has 0 N–H and O–H groups in total. The van der Waals surface area contributed by atoms with Crippen molar-refractivity contribution in [1.29, 1.82) is 0 Å². The molecule has 0 saturated heterocycles. The van der Waals surface area contributed by atoms with Gasteiger partial charge in [-0.1, -0.05) is 42.1 Å². The quantitative estimate of drug-likeness (QED) is 0.144. The highest BCUT2D eigenvalue weighted by Gasteiger charge is 2.26. The number of halogens is 1. The molecule has 10 heteroatoms. The van der Waals surface area contributed by atoms with Gasteiger partial charge in [0.1, 0.15) is 35.0 Å². The number of ether oxygens (including phenoxy) is 2. The van der Waals surface area contributed by atoms with E-state index >= 15 is 0 Å². The van der Waals surface area contributed by atoms with Crippen molar-refractivity contribution in [3.8, 4) is 17.2 Å². The lowest BCUT2D eigenvalue weighted by Gasteiger charge is -2.18. The number of thioether (sulfide) groups is 1. The lowest BCUT2D eigenvalue weighted by Crippen LogP contribution is -2.12. The van der Waals surface area contributed by atoms with Crippen molar-refractivity contribution in [2.45, 2.75) is 30.9 Å². The fourth-order valence-corrected chi connectivity index (χ4v) is 4.91.